The minimum absolute atomic E-state index is 0.575. The van der Waals surface area contributed by atoms with E-state index in [1.165, 1.54) is 5.56 Å². The number of benzene rings is 1. The fourth-order valence-electron chi connectivity index (χ4n) is 2.08. The summed E-state index contributed by atoms with van der Waals surface area (Å²) >= 11 is 6.28. The van der Waals surface area contributed by atoms with Gasteiger partial charge in [-0.3, -0.25) is 0 Å². The third-order valence-corrected chi connectivity index (χ3v) is 3.14. The summed E-state index contributed by atoms with van der Waals surface area (Å²) in [6.07, 6.45) is 2.20. The summed E-state index contributed by atoms with van der Waals surface area (Å²) < 4.78 is 11.1. The highest BCUT2D eigenvalue weighted by Gasteiger charge is 2.23. The van der Waals surface area contributed by atoms with E-state index in [1.807, 2.05) is 6.07 Å². The molecule has 0 saturated carbocycles. The van der Waals surface area contributed by atoms with Crippen molar-refractivity contribution in [3.8, 4) is 11.5 Å². The quantitative estimate of drug-likeness (QED) is 0.736. The Hall–Kier alpha value is -1.09. The third-order valence-electron chi connectivity index (χ3n) is 2.78. The second-order valence-electron chi connectivity index (χ2n) is 3.78. The van der Waals surface area contributed by atoms with Crippen LogP contribution in [0.5, 0.6) is 11.5 Å². The van der Waals surface area contributed by atoms with Gasteiger partial charge in [0.15, 0.2) is 11.5 Å². The summed E-state index contributed by atoms with van der Waals surface area (Å²) in [7, 11) is 0. The van der Waals surface area contributed by atoms with E-state index in [0.717, 1.165) is 30.8 Å². The van der Waals surface area contributed by atoms with Crippen LogP contribution in [-0.4, -0.2) is 19.8 Å². The van der Waals surface area contributed by atoms with Crippen molar-refractivity contribution in [1.29, 1.82) is 0 Å². The Labute approximate surface area is 93.3 Å². The van der Waals surface area contributed by atoms with Gasteiger partial charge in [-0.25, -0.2) is 0 Å². The topological polar surface area (TPSA) is 30.5 Å². The maximum absolute atomic E-state index is 6.28. The van der Waals surface area contributed by atoms with E-state index in [2.05, 4.69) is 5.32 Å². The van der Waals surface area contributed by atoms with Crippen LogP contribution in [0, 0.1) is 0 Å². The van der Waals surface area contributed by atoms with Crippen molar-refractivity contribution in [1.82, 2.24) is 0 Å². The molecular weight excluding hydrogens is 214 g/mol. The van der Waals surface area contributed by atoms with Crippen molar-refractivity contribution >= 4 is 17.3 Å². The van der Waals surface area contributed by atoms with Gasteiger partial charge in [-0.2, -0.15) is 0 Å². The van der Waals surface area contributed by atoms with Crippen LogP contribution in [0.25, 0.3) is 0 Å². The van der Waals surface area contributed by atoms with E-state index < -0.39 is 0 Å². The fourth-order valence-corrected chi connectivity index (χ4v) is 2.41. The number of ether oxygens (including phenoxy) is 2. The molecular formula is C11H12ClNO2. The zero-order chi connectivity index (χ0) is 10.3. The number of anilines is 1. The molecule has 4 heteroatoms. The van der Waals surface area contributed by atoms with Gasteiger partial charge in [-0.15, -0.1) is 0 Å². The van der Waals surface area contributed by atoms with Gasteiger partial charge >= 0.3 is 0 Å². The largest absolute Gasteiger partial charge is 0.486 e. The van der Waals surface area contributed by atoms with E-state index in [0.29, 0.717) is 24.0 Å². The Kier molecular flexibility index (Phi) is 2.13. The Morgan fingerprint density at radius 2 is 2.13 bits per heavy atom. The monoisotopic (exact) mass is 225 g/mol. The van der Waals surface area contributed by atoms with Gasteiger partial charge in [-0.1, -0.05) is 11.6 Å². The van der Waals surface area contributed by atoms with Crippen LogP contribution in [0.15, 0.2) is 6.07 Å². The first-order valence-electron chi connectivity index (χ1n) is 5.21. The summed E-state index contributed by atoms with van der Waals surface area (Å²) in [6.45, 7) is 2.16. The highest BCUT2D eigenvalue weighted by atomic mass is 35.5. The Morgan fingerprint density at radius 3 is 3.07 bits per heavy atom. The molecule has 3 nitrogen and oxygen atoms in total. The van der Waals surface area contributed by atoms with Crippen molar-refractivity contribution in [2.45, 2.75) is 12.8 Å². The Morgan fingerprint density at radius 1 is 1.27 bits per heavy atom. The van der Waals surface area contributed by atoms with Crippen molar-refractivity contribution in [2.24, 2.45) is 0 Å². The molecule has 0 amide bonds. The number of aryl methyl sites for hydroxylation is 1. The van der Waals surface area contributed by atoms with Crippen LogP contribution in [0.3, 0.4) is 0 Å². The fraction of sp³-hybridized carbons (Fsp3) is 0.455. The highest BCUT2D eigenvalue weighted by Crippen LogP contribution is 2.45. The minimum atomic E-state index is 0.575. The summed E-state index contributed by atoms with van der Waals surface area (Å²) in [6, 6.07) is 2.04. The minimum Gasteiger partial charge on any atom is -0.486 e. The van der Waals surface area contributed by atoms with Crippen LogP contribution in [0.2, 0.25) is 5.02 Å². The first-order valence-corrected chi connectivity index (χ1v) is 5.59. The SMILES string of the molecule is Clc1c2c(cc3c1OCCO3)CCCN2. The lowest BCUT2D eigenvalue weighted by Crippen LogP contribution is -2.18. The first kappa shape index (κ1) is 9.16. The maximum atomic E-state index is 6.28. The van der Waals surface area contributed by atoms with Crippen LogP contribution in [0.4, 0.5) is 5.69 Å². The zero-order valence-electron chi connectivity index (χ0n) is 8.31. The summed E-state index contributed by atoms with van der Waals surface area (Å²) in [5.41, 5.74) is 2.25. The maximum Gasteiger partial charge on any atom is 0.182 e. The number of hydrogen-bond acceptors (Lipinski definition) is 3. The van der Waals surface area contributed by atoms with Crippen LogP contribution >= 0.6 is 11.6 Å². The number of halogens is 1. The molecule has 0 unspecified atom stereocenters. The van der Waals surface area contributed by atoms with E-state index in [1.54, 1.807) is 0 Å². The van der Waals surface area contributed by atoms with Crippen LogP contribution < -0.4 is 14.8 Å². The van der Waals surface area contributed by atoms with E-state index in [4.69, 9.17) is 21.1 Å². The van der Waals surface area contributed by atoms with Crippen LogP contribution in [0.1, 0.15) is 12.0 Å². The molecule has 1 aromatic rings. The number of fused-ring (bicyclic) bond motifs is 2. The molecule has 2 aliphatic heterocycles. The van der Waals surface area contributed by atoms with Crippen molar-refractivity contribution in [2.75, 3.05) is 25.1 Å². The molecule has 0 radical (unpaired) electrons. The summed E-state index contributed by atoms with van der Waals surface area (Å²) in [5.74, 6) is 1.48. The summed E-state index contributed by atoms with van der Waals surface area (Å²) in [4.78, 5) is 0. The highest BCUT2D eigenvalue weighted by molar-refractivity contribution is 6.35. The molecule has 3 rings (SSSR count). The normalized spacial score (nSPS) is 17.9. The lowest BCUT2D eigenvalue weighted by Gasteiger charge is -2.25. The average molecular weight is 226 g/mol. The molecule has 0 bridgehead atoms. The van der Waals surface area contributed by atoms with Gasteiger partial charge in [0.05, 0.1) is 5.69 Å². The molecule has 2 aliphatic rings. The second-order valence-corrected chi connectivity index (χ2v) is 4.16. The van der Waals surface area contributed by atoms with Crippen molar-refractivity contribution in [3.63, 3.8) is 0 Å². The third kappa shape index (κ3) is 1.42. The molecule has 15 heavy (non-hydrogen) atoms. The smallest absolute Gasteiger partial charge is 0.182 e. The van der Waals surface area contributed by atoms with Crippen LogP contribution in [-0.2, 0) is 6.42 Å². The molecule has 1 N–H and O–H groups in total. The van der Waals surface area contributed by atoms with Gasteiger partial charge in [0.1, 0.15) is 18.2 Å². The molecule has 1 aromatic carbocycles. The summed E-state index contributed by atoms with van der Waals surface area (Å²) in [5, 5.41) is 3.98. The molecule has 0 fully saturated rings. The van der Waals surface area contributed by atoms with Gasteiger partial charge in [0.25, 0.3) is 0 Å². The molecule has 0 saturated heterocycles. The Balaban J connectivity index is 2.16. The van der Waals surface area contributed by atoms with Gasteiger partial charge in [-0.05, 0) is 24.5 Å². The number of rotatable bonds is 0. The molecule has 80 valence electrons. The van der Waals surface area contributed by atoms with Crippen molar-refractivity contribution < 1.29 is 9.47 Å². The number of hydrogen-bond donors (Lipinski definition) is 1. The molecule has 2 heterocycles. The first-order chi connectivity index (χ1) is 7.36. The Bertz CT molecular complexity index is 372. The molecule has 0 aromatic heterocycles. The lowest BCUT2D eigenvalue weighted by atomic mass is 10.0. The predicted octanol–water partition coefficient (Wildman–Crippen LogP) is 2.47. The average Bonchev–Trinajstić information content (AvgIpc) is 2.30. The predicted molar refractivity (Wildman–Crippen MR) is 59.3 cm³/mol. The zero-order valence-corrected chi connectivity index (χ0v) is 9.06. The van der Waals surface area contributed by atoms with E-state index in [-0.39, 0.29) is 0 Å². The van der Waals surface area contributed by atoms with Gasteiger partial charge in [0.2, 0.25) is 0 Å². The lowest BCUT2D eigenvalue weighted by molar-refractivity contribution is 0.171. The molecule has 0 aliphatic carbocycles. The van der Waals surface area contributed by atoms with Gasteiger partial charge in [0, 0.05) is 6.54 Å². The molecule has 0 spiro atoms. The molecule has 0 atom stereocenters. The number of nitrogens with one attached hydrogen (secondary N) is 1. The van der Waals surface area contributed by atoms with Gasteiger partial charge < -0.3 is 14.8 Å². The van der Waals surface area contributed by atoms with E-state index >= 15 is 0 Å². The van der Waals surface area contributed by atoms with Crippen molar-refractivity contribution in [3.05, 3.63) is 16.7 Å². The standard InChI is InChI=1S/C11H12ClNO2/c12-9-10-7(2-1-3-13-10)6-8-11(9)15-5-4-14-8/h6,13H,1-5H2. The second kappa shape index (κ2) is 3.49. The van der Waals surface area contributed by atoms with E-state index in [9.17, 15) is 0 Å².